The van der Waals surface area contributed by atoms with Crippen LogP contribution in [0.25, 0.3) is 0 Å². The number of aliphatic hydroxyl groups is 1. The van der Waals surface area contributed by atoms with E-state index in [1.807, 2.05) is 6.92 Å². The molecule has 0 aromatic rings. The lowest BCUT2D eigenvalue weighted by atomic mass is 10.3. The molecule has 0 aliphatic carbocycles. The van der Waals surface area contributed by atoms with Crippen LogP contribution in [-0.4, -0.2) is 17.8 Å². The number of hydrogen-bond donors (Lipinski definition) is 1. The molecule has 0 aliphatic rings. The SMILES string of the molecule is CCC(CO)N=O. The van der Waals surface area contributed by atoms with E-state index in [9.17, 15) is 4.91 Å². The van der Waals surface area contributed by atoms with Gasteiger partial charge in [-0.15, -0.1) is 0 Å². The Labute approximate surface area is 42.3 Å². The van der Waals surface area contributed by atoms with E-state index in [2.05, 4.69) is 5.18 Å². The molecule has 3 nitrogen and oxygen atoms in total. The van der Waals surface area contributed by atoms with E-state index in [1.165, 1.54) is 0 Å². The molecule has 0 heterocycles. The van der Waals surface area contributed by atoms with Crippen LogP contribution in [0.1, 0.15) is 13.3 Å². The van der Waals surface area contributed by atoms with Gasteiger partial charge < -0.3 is 5.11 Å². The molecule has 3 heteroatoms. The summed E-state index contributed by atoms with van der Waals surface area (Å²) < 4.78 is 0. The van der Waals surface area contributed by atoms with Crippen LogP contribution in [0.2, 0.25) is 0 Å². The first-order valence-corrected chi connectivity index (χ1v) is 2.28. The molecule has 1 unspecified atom stereocenters. The highest BCUT2D eigenvalue weighted by molar-refractivity contribution is 4.58. The first-order chi connectivity index (χ1) is 3.35. The standard InChI is InChI=1S/C4H9NO2/c1-2-4(3-6)5-7/h4,6H,2-3H2,1H3. The van der Waals surface area contributed by atoms with Crippen LogP contribution >= 0.6 is 0 Å². The van der Waals surface area contributed by atoms with Gasteiger partial charge in [0.05, 0.1) is 6.61 Å². The maximum atomic E-state index is 9.56. The predicted molar refractivity (Wildman–Crippen MR) is 27.0 cm³/mol. The molecule has 42 valence electrons. The summed E-state index contributed by atoms with van der Waals surface area (Å²) in [6.45, 7) is 1.68. The highest BCUT2D eigenvalue weighted by Crippen LogP contribution is 1.92. The molecular weight excluding hydrogens is 94.0 g/mol. The fraction of sp³-hybridized carbons (Fsp3) is 1.00. The van der Waals surface area contributed by atoms with Gasteiger partial charge >= 0.3 is 0 Å². The van der Waals surface area contributed by atoms with Crippen molar-refractivity contribution in [3.63, 3.8) is 0 Å². The van der Waals surface area contributed by atoms with Crippen molar-refractivity contribution in [2.75, 3.05) is 6.61 Å². The lowest BCUT2D eigenvalue weighted by molar-refractivity contribution is 0.263. The van der Waals surface area contributed by atoms with Gasteiger partial charge in [-0.1, -0.05) is 12.1 Å². The third kappa shape index (κ3) is 2.28. The lowest BCUT2D eigenvalue weighted by Crippen LogP contribution is -2.05. The highest BCUT2D eigenvalue weighted by Gasteiger charge is 1.99. The van der Waals surface area contributed by atoms with Crippen LogP contribution < -0.4 is 0 Å². The summed E-state index contributed by atoms with van der Waals surface area (Å²) in [7, 11) is 0. The molecule has 1 N–H and O–H groups in total. The Balaban J connectivity index is 3.16. The molecule has 0 saturated carbocycles. The Bertz CT molecular complexity index is 51.7. The number of hydrogen-bond acceptors (Lipinski definition) is 3. The maximum Gasteiger partial charge on any atom is 0.115 e. The smallest absolute Gasteiger partial charge is 0.115 e. The van der Waals surface area contributed by atoms with Gasteiger partial charge in [0.15, 0.2) is 0 Å². The molecule has 0 amide bonds. The number of nitroso groups, excluding NO2 is 1. The van der Waals surface area contributed by atoms with Crippen molar-refractivity contribution in [1.82, 2.24) is 0 Å². The van der Waals surface area contributed by atoms with E-state index in [-0.39, 0.29) is 12.6 Å². The summed E-state index contributed by atoms with van der Waals surface area (Å²) in [5, 5.41) is 10.9. The van der Waals surface area contributed by atoms with Gasteiger partial charge in [0.1, 0.15) is 6.04 Å². The van der Waals surface area contributed by atoms with Crippen LogP contribution in [0, 0.1) is 4.91 Å². The third-order valence-electron chi connectivity index (χ3n) is 0.831. The average molecular weight is 103 g/mol. The summed E-state index contributed by atoms with van der Waals surface area (Å²) in [6, 6.07) is -0.389. The Morgan fingerprint density at radius 3 is 2.43 bits per heavy atom. The van der Waals surface area contributed by atoms with Crippen LogP contribution in [-0.2, 0) is 0 Å². The molecule has 0 aromatic heterocycles. The molecule has 1 atom stereocenters. The van der Waals surface area contributed by atoms with Crippen LogP contribution in [0.4, 0.5) is 0 Å². The Hall–Kier alpha value is -0.440. The zero-order chi connectivity index (χ0) is 5.70. The van der Waals surface area contributed by atoms with Crippen molar-refractivity contribution in [3.05, 3.63) is 4.91 Å². The minimum absolute atomic E-state index is 0.125. The molecule has 0 aliphatic heterocycles. The van der Waals surface area contributed by atoms with E-state index in [1.54, 1.807) is 0 Å². The van der Waals surface area contributed by atoms with Gasteiger partial charge in [-0.25, -0.2) is 0 Å². The van der Waals surface area contributed by atoms with E-state index in [0.717, 1.165) is 0 Å². The van der Waals surface area contributed by atoms with Crippen LogP contribution in [0.15, 0.2) is 5.18 Å². The number of rotatable bonds is 3. The Morgan fingerprint density at radius 2 is 2.43 bits per heavy atom. The second-order valence-corrected chi connectivity index (χ2v) is 1.35. The minimum Gasteiger partial charge on any atom is -0.394 e. The number of aliphatic hydroxyl groups excluding tert-OH is 1. The summed E-state index contributed by atoms with van der Waals surface area (Å²) in [4.78, 5) is 9.56. The normalized spacial score (nSPS) is 13.4. The highest BCUT2D eigenvalue weighted by atomic mass is 16.3. The van der Waals surface area contributed by atoms with Gasteiger partial charge in [-0.3, -0.25) is 0 Å². The molecule has 0 spiro atoms. The van der Waals surface area contributed by atoms with Crippen molar-refractivity contribution in [1.29, 1.82) is 0 Å². The zero-order valence-corrected chi connectivity index (χ0v) is 4.29. The summed E-state index contributed by atoms with van der Waals surface area (Å²) in [5.41, 5.74) is 0. The van der Waals surface area contributed by atoms with Crippen molar-refractivity contribution in [2.24, 2.45) is 5.18 Å². The molecule has 0 saturated heterocycles. The van der Waals surface area contributed by atoms with E-state index in [4.69, 9.17) is 5.11 Å². The predicted octanol–water partition coefficient (Wildman–Crippen LogP) is 0.524. The molecule has 0 radical (unpaired) electrons. The van der Waals surface area contributed by atoms with Gasteiger partial charge in [0.2, 0.25) is 0 Å². The fourth-order valence-corrected chi connectivity index (χ4v) is 0.237. The topological polar surface area (TPSA) is 49.7 Å². The molecule has 7 heavy (non-hydrogen) atoms. The molecular formula is C4H9NO2. The molecule has 0 rings (SSSR count). The van der Waals surface area contributed by atoms with Crippen molar-refractivity contribution in [3.8, 4) is 0 Å². The first kappa shape index (κ1) is 6.56. The quantitative estimate of drug-likeness (QED) is 0.529. The maximum absolute atomic E-state index is 9.56. The molecule has 0 aromatic carbocycles. The molecule has 0 bridgehead atoms. The van der Waals surface area contributed by atoms with E-state index < -0.39 is 0 Å². The minimum atomic E-state index is -0.389. The first-order valence-electron chi connectivity index (χ1n) is 2.28. The van der Waals surface area contributed by atoms with Crippen LogP contribution in [0.3, 0.4) is 0 Å². The van der Waals surface area contributed by atoms with Gasteiger partial charge in [-0.2, -0.15) is 4.91 Å². The summed E-state index contributed by atoms with van der Waals surface area (Å²) in [6.07, 6.45) is 0.625. The average Bonchev–Trinajstić information content (AvgIpc) is 1.72. The fourth-order valence-electron chi connectivity index (χ4n) is 0.237. The second-order valence-electron chi connectivity index (χ2n) is 1.35. The van der Waals surface area contributed by atoms with E-state index in [0.29, 0.717) is 6.42 Å². The van der Waals surface area contributed by atoms with Gasteiger partial charge in [0.25, 0.3) is 0 Å². The monoisotopic (exact) mass is 103 g/mol. The van der Waals surface area contributed by atoms with Gasteiger partial charge in [-0.05, 0) is 6.42 Å². The van der Waals surface area contributed by atoms with Gasteiger partial charge in [0, 0.05) is 0 Å². The van der Waals surface area contributed by atoms with Crippen molar-refractivity contribution >= 4 is 0 Å². The van der Waals surface area contributed by atoms with Crippen LogP contribution in [0.5, 0.6) is 0 Å². The number of nitrogens with zero attached hydrogens (tertiary/aromatic N) is 1. The summed E-state index contributed by atoms with van der Waals surface area (Å²) in [5.74, 6) is 0. The van der Waals surface area contributed by atoms with E-state index >= 15 is 0 Å². The summed E-state index contributed by atoms with van der Waals surface area (Å²) >= 11 is 0. The molecule has 0 fully saturated rings. The Morgan fingerprint density at radius 1 is 1.86 bits per heavy atom. The third-order valence-corrected chi connectivity index (χ3v) is 0.831. The zero-order valence-electron chi connectivity index (χ0n) is 4.29. The Kier molecular flexibility index (Phi) is 3.50. The lowest BCUT2D eigenvalue weighted by Gasteiger charge is -1.95. The van der Waals surface area contributed by atoms with Crippen molar-refractivity contribution in [2.45, 2.75) is 19.4 Å². The largest absolute Gasteiger partial charge is 0.394 e. The second kappa shape index (κ2) is 3.74. The van der Waals surface area contributed by atoms with Crippen molar-refractivity contribution < 1.29 is 5.11 Å².